The average Bonchev–Trinajstić information content (AvgIpc) is 2.39. The fourth-order valence-corrected chi connectivity index (χ4v) is 1.99. The number of hydrogen-bond donors (Lipinski definition) is 2. The maximum Gasteiger partial charge on any atom is 0.131 e. The molecule has 1 aromatic rings. The molecule has 5 heteroatoms. The Morgan fingerprint density at radius 2 is 1.68 bits per heavy atom. The first kappa shape index (κ1) is 15.7. The summed E-state index contributed by atoms with van der Waals surface area (Å²) < 4.78 is 0. The summed E-state index contributed by atoms with van der Waals surface area (Å²) in [6.45, 7) is 13.6. The molecule has 0 bridgehead atoms. The van der Waals surface area contributed by atoms with E-state index in [0.717, 1.165) is 56.6 Å². The monoisotopic (exact) mass is 265 g/mol. The summed E-state index contributed by atoms with van der Waals surface area (Å²) in [5.74, 6) is 2.59. The second kappa shape index (κ2) is 8.69. The number of nitrogens with one attached hydrogen (secondary N) is 2. The normalized spacial score (nSPS) is 10.8. The Labute approximate surface area is 116 Å². The smallest absolute Gasteiger partial charge is 0.131 e. The van der Waals surface area contributed by atoms with Crippen LogP contribution in [0.4, 0.5) is 11.6 Å². The topological polar surface area (TPSA) is 53.1 Å². The van der Waals surface area contributed by atoms with Crippen molar-refractivity contribution >= 4 is 11.6 Å². The zero-order valence-corrected chi connectivity index (χ0v) is 12.7. The highest BCUT2D eigenvalue weighted by Gasteiger charge is 2.02. The molecule has 5 nitrogen and oxygen atoms in total. The number of rotatable bonds is 9. The van der Waals surface area contributed by atoms with Gasteiger partial charge in [-0.15, -0.1) is 0 Å². The Balaban J connectivity index is 2.40. The molecule has 108 valence electrons. The second-order valence-corrected chi connectivity index (χ2v) is 4.52. The highest BCUT2D eigenvalue weighted by Crippen LogP contribution is 2.10. The van der Waals surface area contributed by atoms with Crippen molar-refractivity contribution in [2.24, 2.45) is 0 Å². The van der Waals surface area contributed by atoms with E-state index in [1.54, 1.807) is 0 Å². The summed E-state index contributed by atoms with van der Waals surface area (Å²) in [7, 11) is 0. The minimum Gasteiger partial charge on any atom is -0.370 e. The number of aromatic nitrogens is 2. The highest BCUT2D eigenvalue weighted by molar-refractivity contribution is 5.47. The van der Waals surface area contributed by atoms with Crippen molar-refractivity contribution in [2.45, 2.75) is 34.1 Å². The highest BCUT2D eigenvalue weighted by atomic mass is 15.1. The molecular weight excluding hydrogens is 238 g/mol. The first-order valence-electron chi connectivity index (χ1n) is 7.25. The van der Waals surface area contributed by atoms with Gasteiger partial charge < -0.3 is 15.5 Å². The minimum absolute atomic E-state index is 0.796. The first-order chi connectivity index (χ1) is 9.19. The van der Waals surface area contributed by atoms with Gasteiger partial charge in [0, 0.05) is 19.2 Å². The summed E-state index contributed by atoms with van der Waals surface area (Å²) in [6, 6.07) is 1.97. The van der Waals surface area contributed by atoms with Crippen LogP contribution in [-0.4, -0.2) is 47.6 Å². The molecule has 0 fully saturated rings. The van der Waals surface area contributed by atoms with Gasteiger partial charge in [-0.2, -0.15) is 0 Å². The molecular formula is C14H27N5. The summed E-state index contributed by atoms with van der Waals surface area (Å²) >= 11 is 0. The van der Waals surface area contributed by atoms with E-state index in [9.17, 15) is 0 Å². The molecule has 1 heterocycles. The number of anilines is 2. The maximum atomic E-state index is 4.40. The molecule has 0 aromatic carbocycles. The van der Waals surface area contributed by atoms with E-state index in [1.165, 1.54) is 0 Å². The van der Waals surface area contributed by atoms with Crippen molar-refractivity contribution in [3.05, 3.63) is 11.9 Å². The van der Waals surface area contributed by atoms with Gasteiger partial charge >= 0.3 is 0 Å². The Bertz CT molecular complexity index is 363. The zero-order valence-electron chi connectivity index (χ0n) is 12.7. The molecule has 0 saturated carbocycles. The third-order valence-electron chi connectivity index (χ3n) is 3.05. The van der Waals surface area contributed by atoms with Crippen molar-refractivity contribution in [3.63, 3.8) is 0 Å². The van der Waals surface area contributed by atoms with Crippen LogP contribution in [0.2, 0.25) is 0 Å². The summed E-state index contributed by atoms with van der Waals surface area (Å²) in [6.07, 6.45) is 1.13. The number of aryl methyl sites for hydroxylation is 1. The first-order valence-corrected chi connectivity index (χ1v) is 7.25. The third-order valence-corrected chi connectivity index (χ3v) is 3.05. The molecule has 0 aliphatic heterocycles. The zero-order chi connectivity index (χ0) is 14.1. The Morgan fingerprint density at radius 3 is 2.26 bits per heavy atom. The number of hydrogen-bond acceptors (Lipinski definition) is 5. The average molecular weight is 265 g/mol. The maximum absolute atomic E-state index is 4.40. The molecule has 0 aliphatic rings. The lowest BCUT2D eigenvalue weighted by Gasteiger charge is -2.17. The van der Waals surface area contributed by atoms with Gasteiger partial charge in [-0.25, -0.2) is 9.97 Å². The van der Waals surface area contributed by atoms with Gasteiger partial charge in [0.05, 0.1) is 0 Å². The van der Waals surface area contributed by atoms with E-state index in [2.05, 4.69) is 46.3 Å². The number of nitrogens with zero attached hydrogens (tertiary/aromatic N) is 3. The standard InChI is InChI=1S/C14H27N5/c1-5-15-13-11-14(18-12(4)17-13)16-9-8-10-19(6-2)7-3/h11H,5-10H2,1-4H3,(H2,15,16,17,18). The largest absolute Gasteiger partial charge is 0.370 e. The van der Waals surface area contributed by atoms with Crippen molar-refractivity contribution < 1.29 is 0 Å². The van der Waals surface area contributed by atoms with Gasteiger partial charge in [-0.3, -0.25) is 0 Å². The minimum atomic E-state index is 0.796. The molecule has 0 radical (unpaired) electrons. The molecule has 1 rings (SSSR count). The molecule has 0 amide bonds. The van der Waals surface area contributed by atoms with Crippen LogP contribution >= 0.6 is 0 Å². The lowest BCUT2D eigenvalue weighted by molar-refractivity contribution is 0.303. The predicted molar refractivity (Wildman–Crippen MR) is 81.8 cm³/mol. The summed E-state index contributed by atoms with van der Waals surface area (Å²) in [5.41, 5.74) is 0. The lowest BCUT2D eigenvalue weighted by atomic mass is 10.3. The van der Waals surface area contributed by atoms with Crippen LogP contribution in [-0.2, 0) is 0 Å². The van der Waals surface area contributed by atoms with Gasteiger partial charge in [0.15, 0.2) is 0 Å². The Hall–Kier alpha value is -1.36. The van der Waals surface area contributed by atoms with Crippen LogP contribution in [0.1, 0.15) is 33.0 Å². The summed E-state index contributed by atoms with van der Waals surface area (Å²) in [5, 5.41) is 6.59. The van der Waals surface area contributed by atoms with Crippen LogP contribution in [0.5, 0.6) is 0 Å². The van der Waals surface area contributed by atoms with Crippen LogP contribution in [0.15, 0.2) is 6.07 Å². The molecule has 0 aliphatic carbocycles. The fraction of sp³-hybridized carbons (Fsp3) is 0.714. The van der Waals surface area contributed by atoms with E-state index in [4.69, 9.17) is 0 Å². The van der Waals surface area contributed by atoms with Crippen molar-refractivity contribution in [1.82, 2.24) is 14.9 Å². The SMILES string of the molecule is CCNc1cc(NCCCN(CC)CC)nc(C)n1. The van der Waals surface area contributed by atoms with Crippen molar-refractivity contribution in [3.8, 4) is 0 Å². The molecule has 1 aromatic heterocycles. The predicted octanol–water partition coefficient (Wildman–Crippen LogP) is 2.36. The fourth-order valence-electron chi connectivity index (χ4n) is 1.99. The quantitative estimate of drug-likeness (QED) is 0.671. The van der Waals surface area contributed by atoms with E-state index in [-0.39, 0.29) is 0 Å². The van der Waals surface area contributed by atoms with Crippen LogP contribution in [0, 0.1) is 6.92 Å². The van der Waals surface area contributed by atoms with Gasteiger partial charge in [0.25, 0.3) is 0 Å². The van der Waals surface area contributed by atoms with Crippen LogP contribution < -0.4 is 10.6 Å². The van der Waals surface area contributed by atoms with Crippen LogP contribution in [0.3, 0.4) is 0 Å². The Kier molecular flexibility index (Phi) is 7.18. The molecule has 0 saturated heterocycles. The van der Waals surface area contributed by atoms with Crippen molar-refractivity contribution in [2.75, 3.05) is 43.4 Å². The molecule has 0 spiro atoms. The van der Waals surface area contributed by atoms with Gasteiger partial charge in [-0.05, 0) is 39.9 Å². The Morgan fingerprint density at radius 1 is 1.05 bits per heavy atom. The third kappa shape index (κ3) is 5.87. The second-order valence-electron chi connectivity index (χ2n) is 4.52. The molecule has 19 heavy (non-hydrogen) atoms. The van der Waals surface area contributed by atoms with E-state index in [1.807, 2.05) is 13.0 Å². The molecule has 0 unspecified atom stereocenters. The van der Waals surface area contributed by atoms with E-state index < -0.39 is 0 Å². The van der Waals surface area contributed by atoms with E-state index >= 15 is 0 Å². The molecule has 2 N–H and O–H groups in total. The lowest BCUT2D eigenvalue weighted by Crippen LogP contribution is -2.25. The van der Waals surface area contributed by atoms with Gasteiger partial charge in [0.2, 0.25) is 0 Å². The molecule has 0 atom stereocenters. The van der Waals surface area contributed by atoms with Crippen LogP contribution in [0.25, 0.3) is 0 Å². The van der Waals surface area contributed by atoms with Crippen molar-refractivity contribution in [1.29, 1.82) is 0 Å². The van der Waals surface area contributed by atoms with Gasteiger partial charge in [-0.1, -0.05) is 13.8 Å². The van der Waals surface area contributed by atoms with E-state index in [0.29, 0.717) is 0 Å². The van der Waals surface area contributed by atoms with Gasteiger partial charge in [0.1, 0.15) is 17.5 Å². The summed E-state index contributed by atoms with van der Waals surface area (Å²) in [4.78, 5) is 11.2.